The molecule has 1 saturated heterocycles. The zero-order valence-corrected chi connectivity index (χ0v) is 15.0. The van der Waals surface area contributed by atoms with Gasteiger partial charge in [0.25, 0.3) is 0 Å². The van der Waals surface area contributed by atoms with Gasteiger partial charge in [0, 0.05) is 45.4 Å². The largest absolute Gasteiger partial charge is 0.493 e. The van der Waals surface area contributed by atoms with Crippen molar-refractivity contribution in [1.82, 2.24) is 10.6 Å². The Kier molecular flexibility index (Phi) is 6.94. The highest BCUT2D eigenvalue weighted by atomic mass is 16.5. The van der Waals surface area contributed by atoms with Crippen molar-refractivity contribution in [2.45, 2.75) is 37.8 Å². The predicted octanol–water partition coefficient (Wildman–Crippen LogP) is 2.26. The van der Waals surface area contributed by atoms with Gasteiger partial charge in [0.1, 0.15) is 5.75 Å². The summed E-state index contributed by atoms with van der Waals surface area (Å²) in [6.07, 6.45) is 4.29. The number of nitrogens with one attached hydrogen (secondary N) is 2. The lowest BCUT2D eigenvalue weighted by molar-refractivity contribution is -0.0320. The maximum absolute atomic E-state index is 5.90. The standard InChI is InChI=1S/C19H29N3O3/c1-20-19(21-10-4-11-24-15-7-12-23-13-8-15)22-17-9-14-25-18-6-3-2-5-16(17)18/h2-3,5-6,15,17H,4,7-14H2,1H3,(H2,20,21,22). The third-order valence-electron chi connectivity index (χ3n) is 4.63. The maximum Gasteiger partial charge on any atom is 0.191 e. The van der Waals surface area contributed by atoms with Gasteiger partial charge in [-0.2, -0.15) is 0 Å². The van der Waals surface area contributed by atoms with Gasteiger partial charge in [-0.3, -0.25) is 4.99 Å². The summed E-state index contributed by atoms with van der Waals surface area (Å²) in [5, 5.41) is 6.88. The average molecular weight is 347 g/mol. The fourth-order valence-corrected chi connectivity index (χ4v) is 3.22. The van der Waals surface area contributed by atoms with Gasteiger partial charge in [-0.15, -0.1) is 0 Å². The van der Waals surface area contributed by atoms with Crippen LogP contribution in [0.25, 0.3) is 0 Å². The van der Waals surface area contributed by atoms with Crippen LogP contribution >= 0.6 is 0 Å². The molecule has 1 unspecified atom stereocenters. The van der Waals surface area contributed by atoms with Crippen molar-refractivity contribution in [3.8, 4) is 5.75 Å². The lowest BCUT2D eigenvalue weighted by atomic mass is 10.0. The van der Waals surface area contributed by atoms with Crippen LogP contribution in [0.4, 0.5) is 0 Å². The molecule has 0 saturated carbocycles. The molecule has 3 rings (SSSR count). The Morgan fingerprint density at radius 2 is 2.04 bits per heavy atom. The first kappa shape index (κ1) is 18.0. The van der Waals surface area contributed by atoms with Gasteiger partial charge in [0.2, 0.25) is 0 Å². The first-order valence-electron chi connectivity index (χ1n) is 9.25. The van der Waals surface area contributed by atoms with Crippen molar-refractivity contribution in [3.63, 3.8) is 0 Å². The molecule has 2 N–H and O–H groups in total. The molecule has 0 bridgehead atoms. The zero-order valence-electron chi connectivity index (χ0n) is 15.0. The van der Waals surface area contributed by atoms with Crippen LogP contribution in [0.3, 0.4) is 0 Å². The molecule has 0 aliphatic carbocycles. The Hall–Kier alpha value is -1.79. The van der Waals surface area contributed by atoms with Crippen LogP contribution in [0, 0.1) is 0 Å². The average Bonchev–Trinajstić information content (AvgIpc) is 2.68. The highest BCUT2D eigenvalue weighted by Gasteiger charge is 2.21. The van der Waals surface area contributed by atoms with Crippen LogP contribution in [-0.4, -0.2) is 52.1 Å². The molecule has 0 radical (unpaired) electrons. The monoisotopic (exact) mass is 347 g/mol. The third kappa shape index (κ3) is 5.34. The highest BCUT2D eigenvalue weighted by Crippen LogP contribution is 2.31. The summed E-state index contributed by atoms with van der Waals surface area (Å²) >= 11 is 0. The van der Waals surface area contributed by atoms with E-state index in [1.807, 2.05) is 18.2 Å². The van der Waals surface area contributed by atoms with Gasteiger partial charge < -0.3 is 24.8 Å². The minimum absolute atomic E-state index is 0.231. The molecule has 2 aliphatic rings. The first-order chi connectivity index (χ1) is 12.4. The fourth-order valence-electron chi connectivity index (χ4n) is 3.22. The number of aliphatic imine (C=N–C) groups is 1. The number of benzene rings is 1. The van der Waals surface area contributed by atoms with Crippen molar-refractivity contribution in [3.05, 3.63) is 29.8 Å². The topological polar surface area (TPSA) is 64.1 Å². The van der Waals surface area contributed by atoms with Crippen LogP contribution < -0.4 is 15.4 Å². The van der Waals surface area contributed by atoms with E-state index in [0.29, 0.717) is 6.10 Å². The molecule has 0 amide bonds. The number of hydrogen-bond donors (Lipinski definition) is 2. The smallest absolute Gasteiger partial charge is 0.191 e. The minimum Gasteiger partial charge on any atom is -0.493 e. The van der Waals surface area contributed by atoms with Crippen molar-refractivity contribution >= 4 is 5.96 Å². The van der Waals surface area contributed by atoms with Crippen LogP contribution in [-0.2, 0) is 9.47 Å². The Morgan fingerprint density at radius 3 is 2.88 bits per heavy atom. The van der Waals surface area contributed by atoms with Gasteiger partial charge in [0.15, 0.2) is 5.96 Å². The number of para-hydroxylation sites is 1. The highest BCUT2D eigenvalue weighted by molar-refractivity contribution is 5.80. The molecular weight excluding hydrogens is 318 g/mol. The van der Waals surface area contributed by atoms with Crippen LogP contribution in [0.1, 0.15) is 37.3 Å². The number of nitrogens with zero attached hydrogens (tertiary/aromatic N) is 1. The molecule has 6 heteroatoms. The van der Waals surface area contributed by atoms with Crippen molar-refractivity contribution in [1.29, 1.82) is 0 Å². The summed E-state index contributed by atoms with van der Waals surface area (Å²) in [5.41, 5.74) is 1.19. The SMILES string of the molecule is CN=C(NCCCOC1CCOCC1)NC1CCOc2ccccc21. The molecule has 138 valence electrons. The zero-order chi connectivity index (χ0) is 17.3. The molecule has 0 spiro atoms. The van der Waals surface area contributed by atoms with Crippen molar-refractivity contribution in [2.75, 3.05) is 40.0 Å². The van der Waals surface area contributed by atoms with E-state index < -0.39 is 0 Å². The Bertz CT molecular complexity index is 559. The fraction of sp³-hybridized carbons (Fsp3) is 0.632. The number of rotatable bonds is 6. The molecule has 2 aliphatic heterocycles. The van der Waals surface area contributed by atoms with Crippen LogP contribution in [0.15, 0.2) is 29.3 Å². The summed E-state index contributed by atoms with van der Waals surface area (Å²) < 4.78 is 17.0. The molecule has 1 aromatic carbocycles. The van der Waals surface area contributed by atoms with Crippen molar-refractivity contribution in [2.24, 2.45) is 4.99 Å². The second kappa shape index (κ2) is 9.63. The molecule has 6 nitrogen and oxygen atoms in total. The van der Waals surface area contributed by atoms with E-state index in [-0.39, 0.29) is 6.04 Å². The third-order valence-corrected chi connectivity index (χ3v) is 4.63. The van der Waals surface area contributed by atoms with E-state index in [0.717, 1.165) is 70.4 Å². The Labute approximate surface area is 149 Å². The minimum atomic E-state index is 0.231. The summed E-state index contributed by atoms with van der Waals surface area (Å²) in [6, 6.07) is 8.42. The van der Waals surface area contributed by atoms with E-state index in [9.17, 15) is 0 Å². The van der Waals surface area contributed by atoms with E-state index >= 15 is 0 Å². The van der Waals surface area contributed by atoms with Gasteiger partial charge in [-0.05, 0) is 25.3 Å². The summed E-state index contributed by atoms with van der Waals surface area (Å²) in [7, 11) is 1.80. The molecule has 2 heterocycles. The summed E-state index contributed by atoms with van der Waals surface area (Å²) in [4.78, 5) is 4.34. The van der Waals surface area contributed by atoms with Gasteiger partial charge >= 0.3 is 0 Å². The van der Waals surface area contributed by atoms with E-state index in [4.69, 9.17) is 14.2 Å². The second-order valence-corrected chi connectivity index (χ2v) is 6.41. The normalized spacial score (nSPS) is 21.3. The summed E-state index contributed by atoms with van der Waals surface area (Å²) in [5.74, 6) is 1.79. The lowest BCUT2D eigenvalue weighted by Crippen LogP contribution is -2.41. The predicted molar refractivity (Wildman–Crippen MR) is 98.2 cm³/mol. The Morgan fingerprint density at radius 1 is 1.20 bits per heavy atom. The van der Waals surface area contributed by atoms with Gasteiger partial charge in [-0.25, -0.2) is 0 Å². The number of ether oxygens (including phenoxy) is 3. The van der Waals surface area contributed by atoms with Crippen molar-refractivity contribution < 1.29 is 14.2 Å². The number of guanidine groups is 1. The number of fused-ring (bicyclic) bond motifs is 1. The Balaban J connectivity index is 1.38. The molecule has 25 heavy (non-hydrogen) atoms. The maximum atomic E-state index is 5.90. The molecule has 1 fully saturated rings. The molecule has 0 aromatic heterocycles. The first-order valence-corrected chi connectivity index (χ1v) is 9.25. The van der Waals surface area contributed by atoms with E-state index in [1.54, 1.807) is 7.05 Å². The van der Waals surface area contributed by atoms with E-state index in [2.05, 4.69) is 21.7 Å². The van der Waals surface area contributed by atoms with Gasteiger partial charge in [0.05, 0.1) is 18.8 Å². The molecule has 1 atom stereocenters. The molecular formula is C19H29N3O3. The van der Waals surface area contributed by atoms with E-state index in [1.165, 1.54) is 5.56 Å². The van der Waals surface area contributed by atoms with Crippen LogP contribution in [0.5, 0.6) is 5.75 Å². The van der Waals surface area contributed by atoms with Gasteiger partial charge in [-0.1, -0.05) is 18.2 Å². The summed E-state index contributed by atoms with van der Waals surface area (Å²) in [6.45, 7) is 3.99. The molecule has 1 aromatic rings. The quantitative estimate of drug-likeness (QED) is 0.469. The second-order valence-electron chi connectivity index (χ2n) is 6.41. The lowest BCUT2D eigenvalue weighted by Gasteiger charge is -2.28. The number of hydrogen-bond acceptors (Lipinski definition) is 4. The van der Waals surface area contributed by atoms with Crippen LogP contribution in [0.2, 0.25) is 0 Å².